The van der Waals surface area contributed by atoms with Crippen LogP contribution in [0.3, 0.4) is 0 Å². The molecule has 17 heavy (non-hydrogen) atoms. The molecule has 2 aliphatic rings. The molecule has 1 amide bonds. The molecular formula is C12H16N4O. The van der Waals surface area contributed by atoms with Crippen LogP contribution in [0.1, 0.15) is 19.3 Å². The van der Waals surface area contributed by atoms with Crippen LogP contribution in [0, 0.1) is 17.8 Å². The Balaban J connectivity index is 1.71. The summed E-state index contributed by atoms with van der Waals surface area (Å²) in [6.45, 7) is 0. The second-order valence-corrected chi connectivity index (χ2v) is 5.00. The van der Waals surface area contributed by atoms with Gasteiger partial charge >= 0.3 is 0 Å². The van der Waals surface area contributed by atoms with Gasteiger partial charge in [-0.25, -0.2) is 9.97 Å². The summed E-state index contributed by atoms with van der Waals surface area (Å²) in [7, 11) is 0. The quantitative estimate of drug-likeness (QED) is 0.790. The van der Waals surface area contributed by atoms with Gasteiger partial charge in [0, 0.05) is 18.4 Å². The number of carbonyl (C=O) groups excluding carboxylic acids is 1. The van der Waals surface area contributed by atoms with E-state index in [1.165, 1.54) is 6.42 Å². The Bertz CT molecular complexity index is 420. The zero-order chi connectivity index (χ0) is 11.8. The monoisotopic (exact) mass is 232 g/mol. The Morgan fingerprint density at radius 2 is 2.00 bits per heavy atom. The van der Waals surface area contributed by atoms with Gasteiger partial charge in [0.1, 0.15) is 0 Å². The van der Waals surface area contributed by atoms with Gasteiger partial charge in [-0.2, -0.15) is 0 Å². The molecule has 0 spiro atoms. The van der Waals surface area contributed by atoms with Crippen molar-refractivity contribution in [3.05, 3.63) is 18.5 Å². The molecule has 0 radical (unpaired) electrons. The molecule has 1 aromatic rings. The molecule has 2 aliphatic carbocycles. The lowest BCUT2D eigenvalue weighted by Crippen LogP contribution is -2.42. The van der Waals surface area contributed by atoms with E-state index in [0.717, 1.165) is 12.8 Å². The van der Waals surface area contributed by atoms with E-state index in [1.54, 1.807) is 18.5 Å². The molecule has 1 heterocycles. The summed E-state index contributed by atoms with van der Waals surface area (Å²) in [4.78, 5) is 20.1. The van der Waals surface area contributed by atoms with E-state index in [4.69, 9.17) is 5.73 Å². The van der Waals surface area contributed by atoms with E-state index < -0.39 is 0 Å². The van der Waals surface area contributed by atoms with E-state index in [9.17, 15) is 4.79 Å². The van der Waals surface area contributed by atoms with Gasteiger partial charge in [-0.05, 0) is 37.2 Å². The smallest absolute Gasteiger partial charge is 0.231 e. The first-order valence-electron chi connectivity index (χ1n) is 6.09. The highest BCUT2D eigenvalue weighted by atomic mass is 16.2. The maximum Gasteiger partial charge on any atom is 0.231 e. The molecule has 1 aromatic heterocycles. The third-order valence-electron chi connectivity index (χ3n) is 4.08. The topological polar surface area (TPSA) is 80.9 Å². The van der Waals surface area contributed by atoms with Crippen molar-refractivity contribution in [3.63, 3.8) is 0 Å². The maximum absolute atomic E-state index is 12.1. The van der Waals surface area contributed by atoms with Crippen LogP contribution < -0.4 is 11.1 Å². The Hall–Kier alpha value is -1.49. The predicted octanol–water partition coefficient (Wildman–Crippen LogP) is 0.788. The summed E-state index contributed by atoms with van der Waals surface area (Å²) in [6, 6.07) is 1.73. The van der Waals surface area contributed by atoms with Crippen LogP contribution >= 0.6 is 0 Å². The molecule has 4 atom stereocenters. The first-order chi connectivity index (χ1) is 8.25. The Labute approximate surface area is 99.8 Å². The van der Waals surface area contributed by atoms with Gasteiger partial charge in [0.15, 0.2) is 0 Å². The van der Waals surface area contributed by atoms with Crippen LogP contribution in [-0.2, 0) is 4.79 Å². The molecule has 4 unspecified atom stereocenters. The third-order valence-corrected chi connectivity index (χ3v) is 4.08. The largest absolute Gasteiger partial charge is 0.327 e. The molecule has 5 nitrogen and oxygen atoms in total. The molecule has 2 saturated carbocycles. The van der Waals surface area contributed by atoms with Gasteiger partial charge < -0.3 is 5.73 Å². The molecular weight excluding hydrogens is 216 g/mol. The van der Waals surface area contributed by atoms with Crippen molar-refractivity contribution >= 4 is 11.9 Å². The van der Waals surface area contributed by atoms with Crippen LogP contribution in [0.15, 0.2) is 18.5 Å². The minimum atomic E-state index is -0.0578. The van der Waals surface area contributed by atoms with Crippen molar-refractivity contribution < 1.29 is 4.79 Å². The molecule has 0 aromatic carbocycles. The number of amides is 1. The number of hydrogen-bond acceptors (Lipinski definition) is 4. The average Bonchev–Trinajstić information content (AvgIpc) is 2.90. The zero-order valence-corrected chi connectivity index (χ0v) is 9.54. The van der Waals surface area contributed by atoms with Crippen molar-refractivity contribution in [2.24, 2.45) is 23.5 Å². The number of fused-ring (bicyclic) bond motifs is 2. The molecule has 2 bridgehead atoms. The van der Waals surface area contributed by atoms with Gasteiger partial charge in [-0.15, -0.1) is 0 Å². The van der Waals surface area contributed by atoms with Gasteiger partial charge in [0.05, 0.1) is 5.92 Å². The van der Waals surface area contributed by atoms with Crippen LogP contribution in [0.25, 0.3) is 0 Å². The van der Waals surface area contributed by atoms with Crippen molar-refractivity contribution in [2.75, 3.05) is 5.32 Å². The van der Waals surface area contributed by atoms with Crippen LogP contribution in [0.4, 0.5) is 5.95 Å². The number of aromatic nitrogens is 2. The van der Waals surface area contributed by atoms with Gasteiger partial charge in [-0.3, -0.25) is 10.1 Å². The minimum absolute atomic E-state index is 0.0115. The van der Waals surface area contributed by atoms with Crippen LogP contribution in [0.5, 0.6) is 0 Å². The van der Waals surface area contributed by atoms with Gasteiger partial charge in [0.25, 0.3) is 0 Å². The predicted molar refractivity (Wildman–Crippen MR) is 63.0 cm³/mol. The fraction of sp³-hybridized carbons (Fsp3) is 0.583. The van der Waals surface area contributed by atoms with Crippen LogP contribution in [0.2, 0.25) is 0 Å². The standard InChI is InChI=1S/C12H16N4O/c13-10-8-3-2-7(6-8)9(10)11(17)16-12-14-4-1-5-15-12/h1,4-5,7-10H,2-3,6,13H2,(H,14,15,16,17). The Kier molecular flexibility index (Phi) is 2.55. The lowest BCUT2D eigenvalue weighted by molar-refractivity contribution is -0.121. The molecule has 3 N–H and O–H groups in total. The number of hydrogen-bond donors (Lipinski definition) is 2. The Morgan fingerprint density at radius 3 is 2.65 bits per heavy atom. The minimum Gasteiger partial charge on any atom is -0.327 e. The molecule has 0 saturated heterocycles. The van der Waals surface area contributed by atoms with Crippen molar-refractivity contribution in [2.45, 2.75) is 25.3 Å². The molecule has 90 valence electrons. The van der Waals surface area contributed by atoms with Crippen molar-refractivity contribution in [3.8, 4) is 0 Å². The van der Waals surface area contributed by atoms with Crippen molar-refractivity contribution in [1.82, 2.24) is 9.97 Å². The Morgan fingerprint density at radius 1 is 1.29 bits per heavy atom. The summed E-state index contributed by atoms with van der Waals surface area (Å²) in [5.74, 6) is 1.28. The lowest BCUT2D eigenvalue weighted by atomic mass is 9.84. The SMILES string of the molecule is NC1C2CCC(C2)C1C(=O)Nc1ncccn1. The van der Waals surface area contributed by atoms with E-state index in [1.807, 2.05) is 0 Å². The van der Waals surface area contributed by atoms with E-state index in [0.29, 0.717) is 17.8 Å². The van der Waals surface area contributed by atoms with Crippen LogP contribution in [-0.4, -0.2) is 21.9 Å². The normalized spacial score (nSPS) is 34.9. The van der Waals surface area contributed by atoms with Crippen molar-refractivity contribution in [1.29, 1.82) is 0 Å². The number of nitrogens with zero attached hydrogens (tertiary/aromatic N) is 2. The average molecular weight is 232 g/mol. The number of nitrogens with two attached hydrogens (primary N) is 1. The van der Waals surface area contributed by atoms with E-state index >= 15 is 0 Å². The van der Waals surface area contributed by atoms with Gasteiger partial charge in [-0.1, -0.05) is 0 Å². The van der Waals surface area contributed by atoms with E-state index in [-0.39, 0.29) is 17.9 Å². The fourth-order valence-corrected chi connectivity index (χ4v) is 3.28. The second kappa shape index (κ2) is 4.07. The molecule has 3 rings (SSSR count). The molecule has 2 fully saturated rings. The molecule has 0 aliphatic heterocycles. The maximum atomic E-state index is 12.1. The summed E-state index contributed by atoms with van der Waals surface area (Å²) in [5.41, 5.74) is 6.12. The summed E-state index contributed by atoms with van der Waals surface area (Å²) in [5, 5.41) is 2.76. The number of nitrogens with one attached hydrogen (secondary N) is 1. The number of rotatable bonds is 2. The lowest BCUT2D eigenvalue weighted by Gasteiger charge is -2.26. The van der Waals surface area contributed by atoms with E-state index in [2.05, 4.69) is 15.3 Å². The van der Waals surface area contributed by atoms with Gasteiger partial charge in [0.2, 0.25) is 11.9 Å². The molecule has 5 heteroatoms. The number of carbonyl (C=O) groups is 1. The number of anilines is 1. The summed E-state index contributed by atoms with van der Waals surface area (Å²) >= 11 is 0. The highest BCUT2D eigenvalue weighted by molar-refractivity contribution is 5.92. The first kappa shape index (κ1) is 10.7. The first-order valence-corrected chi connectivity index (χ1v) is 6.09. The summed E-state index contributed by atoms with van der Waals surface area (Å²) in [6.07, 6.45) is 6.64. The highest BCUT2D eigenvalue weighted by Gasteiger charge is 2.49. The fourth-order valence-electron chi connectivity index (χ4n) is 3.28. The third kappa shape index (κ3) is 1.80. The second-order valence-electron chi connectivity index (χ2n) is 5.00. The summed E-state index contributed by atoms with van der Waals surface area (Å²) < 4.78 is 0. The zero-order valence-electron chi connectivity index (χ0n) is 9.54. The highest BCUT2D eigenvalue weighted by Crippen LogP contribution is 2.47.